The van der Waals surface area contributed by atoms with Gasteiger partial charge in [0.05, 0.1) is 14.2 Å². The normalized spacial score (nSPS) is 10.6. The van der Waals surface area contributed by atoms with E-state index in [4.69, 9.17) is 0 Å². The third-order valence-electron chi connectivity index (χ3n) is 1.66. The van der Waals surface area contributed by atoms with Crippen LogP contribution in [-0.2, 0) is 23.9 Å². The highest BCUT2D eigenvalue weighted by molar-refractivity contribution is 5.98. The molecule has 0 rings (SSSR count). The van der Waals surface area contributed by atoms with Crippen molar-refractivity contribution < 1.29 is 23.9 Å². The quantitative estimate of drug-likeness (QED) is 0.283. The largest absolute Gasteiger partial charge is 0.468 e. The zero-order valence-corrected chi connectivity index (χ0v) is 8.83. The van der Waals surface area contributed by atoms with E-state index in [1.807, 2.05) is 0 Å². The maximum Gasteiger partial charge on any atom is 0.384 e. The molecular weight excluding hydrogens is 200 g/mol. The third kappa shape index (κ3) is 4.81. The van der Waals surface area contributed by atoms with Gasteiger partial charge >= 0.3 is 11.9 Å². The van der Waals surface area contributed by atoms with Crippen molar-refractivity contribution in [2.75, 3.05) is 14.2 Å². The number of carbonyl (C=O) groups is 3. The molecule has 1 atom stereocenters. The number of methoxy groups -OCH3 is 2. The lowest BCUT2D eigenvalue weighted by molar-refractivity contribution is -0.148. The first-order valence-electron chi connectivity index (χ1n) is 4.18. The highest BCUT2D eigenvalue weighted by atomic mass is 16.5. The molecule has 0 radical (unpaired) electrons. The molecule has 0 fully saturated rings. The Labute approximate surface area is 87.7 Å². The minimum atomic E-state index is -0.938. The fourth-order valence-corrected chi connectivity index (χ4v) is 0.812. The number of rotatable bonds is 3. The highest BCUT2D eigenvalue weighted by Gasteiger charge is 2.22. The van der Waals surface area contributed by atoms with Crippen molar-refractivity contribution in [2.24, 2.45) is 5.92 Å². The van der Waals surface area contributed by atoms with Crippen LogP contribution in [0.2, 0.25) is 0 Å². The molecule has 0 bridgehead atoms. The zero-order chi connectivity index (χ0) is 11.8. The minimum absolute atomic E-state index is 0.0445. The van der Waals surface area contributed by atoms with Gasteiger partial charge in [-0.25, -0.2) is 4.79 Å². The van der Waals surface area contributed by atoms with Gasteiger partial charge in [-0.1, -0.05) is 5.92 Å². The molecule has 5 heteroatoms. The molecule has 0 amide bonds. The van der Waals surface area contributed by atoms with Crippen LogP contribution in [0.3, 0.4) is 0 Å². The van der Waals surface area contributed by atoms with Gasteiger partial charge in [-0.3, -0.25) is 9.59 Å². The molecule has 82 valence electrons. The van der Waals surface area contributed by atoms with Crippen LogP contribution in [0.5, 0.6) is 0 Å². The van der Waals surface area contributed by atoms with Crippen molar-refractivity contribution in [3.05, 3.63) is 0 Å². The Morgan fingerprint density at radius 1 is 1.20 bits per heavy atom. The molecule has 1 unspecified atom stereocenters. The Morgan fingerprint density at radius 2 is 1.80 bits per heavy atom. The average molecular weight is 212 g/mol. The Balaban J connectivity index is 4.42. The number of hydrogen-bond donors (Lipinski definition) is 0. The second kappa shape index (κ2) is 6.60. The Hall–Kier alpha value is -1.83. The Bertz CT molecular complexity index is 320. The smallest absolute Gasteiger partial charge is 0.384 e. The first-order chi connectivity index (χ1) is 7.02. The molecule has 0 aromatic rings. The number of ether oxygens (including phenoxy) is 2. The zero-order valence-electron chi connectivity index (χ0n) is 8.83. The average Bonchev–Trinajstić information content (AvgIpc) is 2.22. The molecule has 0 aromatic carbocycles. The predicted octanol–water partition coefficient (Wildman–Crippen LogP) is -0.0689. The van der Waals surface area contributed by atoms with Crippen LogP contribution in [0.1, 0.15) is 13.3 Å². The van der Waals surface area contributed by atoms with E-state index in [1.165, 1.54) is 21.1 Å². The number of hydrogen-bond acceptors (Lipinski definition) is 5. The first-order valence-corrected chi connectivity index (χ1v) is 4.18. The van der Waals surface area contributed by atoms with E-state index in [-0.39, 0.29) is 12.2 Å². The summed E-state index contributed by atoms with van der Waals surface area (Å²) < 4.78 is 8.68. The lowest BCUT2D eigenvalue weighted by Crippen LogP contribution is -2.22. The van der Waals surface area contributed by atoms with Crippen molar-refractivity contribution in [1.82, 2.24) is 0 Å². The Kier molecular flexibility index (Phi) is 5.79. The number of carbonyl (C=O) groups excluding carboxylic acids is 3. The predicted molar refractivity (Wildman–Crippen MR) is 50.6 cm³/mol. The molecule has 0 spiro atoms. The molecule has 5 nitrogen and oxygen atoms in total. The topological polar surface area (TPSA) is 69.7 Å². The van der Waals surface area contributed by atoms with E-state index < -0.39 is 17.9 Å². The standard InChI is InChI=1S/C10H12O5/c1-7(11)8(10(13)15-3)5-4-6-9(12)14-2/h8H,5H2,1-3H3. The third-order valence-corrected chi connectivity index (χ3v) is 1.66. The van der Waals surface area contributed by atoms with E-state index in [0.29, 0.717) is 0 Å². The van der Waals surface area contributed by atoms with Crippen LogP contribution in [-0.4, -0.2) is 31.9 Å². The van der Waals surface area contributed by atoms with E-state index >= 15 is 0 Å². The second-order valence-electron chi connectivity index (χ2n) is 2.68. The van der Waals surface area contributed by atoms with Crippen molar-refractivity contribution in [3.63, 3.8) is 0 Å². The van der Waals surface area contributed by atoms with Gasteiger partial charge in [0, 0.05) is 12.3 Å². The van der Waals surface area contributed by atoms with Gasteiger partial charge in [-0.2, -0.15) is 0 Å². The molecule has 0 aliphatic carbocycles. The fourth-order valence-electron chi connectivity index (χ4n) is 0.812. The van der Waals surface area contributed by atoms with Gasteiger partial charge in [0.2, 0.25) is 0 Å². The van der Waals surface area contributed by atoms with E-state index in [9.17, 15) is 14.4 Å². The molecule has 0 aliphatic heterocycles. The maximum absolute atomic E-state index is 11.1. The molecule has 0 saturated carbocycles. The molecule has 0 aliphatic rings. The fraction of sp³-hybridized carbons (Fsp3) is 0.500. The molecule has 0 N–H and O–H groups in total. The molecule has 0 saturated heterocycles. The summed E-state index contributed by atoms with van der Waals surface area (Å²) in [6, 6.07) is 0. The summed E-state index contributed by atoms with van der Waals surface area (Å²) in [5.74, 6) is 1.87. The summed E-state index contributed by atoms with van der Waals surface area (Å²) in [6.45, 7) is 1.27. The van der Waals surface area contributed by atoms with Crippen LogP contribution >= 0.6 is 0 Å². The number of Topliss-reactive ketones (excluding diaryl/α,β-unsaturated/α-hetero) is 1. The van der Waals surface area contributed by atoms with Gasteiger partial charge in [0.15, 0.2) is 0 Å². The highest BCUT2D eigenvalue weighted by Crippen LogP contribution is 2.05. The summed E-state index contributed by atoms with van der Waals surface area (Å²) in [5.41, 5.74) is 0. The van der Waals surface area contributed by atoms with E-state index in [0.717, 1.165) is 0 Å². The van der Waals surface area contributed by atoms with Crippen molar-refractivity contribution >= 4 is 17.7 Å². The lowest BCUT2D eigenvalue weighted by atomic mass is 10.0. The van der Waals surface area contributed by atoms with Gasteiger partial charge in [-0.15, -0.1) is 0 Å². The van der Waals surface area contributed by atoms with Crippen molar-refractivity contribution in [1.29, 1.82) is 0 Å². The van der Waals surface area contributed by atoms with Crippen LogP contribution in [0.25, 0.3) is 0 Å². The van der Waals surface area contributed by atoms with Crippen molar-refractivity contribution in [2.45, 2.75) is 13.3 Å². The molecular formula is C10H12O5. The minimum Gasteiger partial charge on any atom is -0.468 e. The summed E-state index contributed by atoms with van der Waals surface area (Å²) in [4.78, 5) is 32.7. The van der Waals surface area contributed by atoms with Gasteiger partial charge in [-0.05, 0) is 6.92 Å². The van der Waals surface area contributed by atoms with Gasteiger partial charge in [0.25, 0.3) is 0 Å². The van der Waals surface area contributed by atoms with Crippen LogP contribution in [0.15, 0.2) is 0 Å². The van der Waals surface area contributed by atoms with Gasteiger partial charge in [0.1, 0.15) is 11.7 Å². The van der Waals surface area contributed by atoms with E-state index in [1.54, 1.807) is 0 Å². The Morgan fingerprint density at radius 3 is 2.20 bits per heavy atom. The molecule has 0 heterocycles. The van der Waals surface area contributed by atoms with Crippen LogP contribution < -0.4 is 0 Å². The number of esters is 2. The number of ketones is 1. The molecule has 15 heavy (non-hydrogen) atoms. The van der Waals surface area contributed by atoms with Crippen molar-refractivity contribution in [3.8, 4) is 11.8 Å². The van der Waals surface area contributed by atoms with Gasteiger partial charge < -0.3 is 9.47 Å². The summed E-state index contributed by atoms with van der Waals surface area (Å²) in [5, 5.41) is 0. The lowest BCUT2D eigenvalue weighted by Gasteiger charge is -2.06. The molecule has 0 aromatic heterocycles. The summed E-state index contributed by atoms with van der Waals surface area (Å²) >= 11 is 0. The first kappa shape index (κ1) is 13.2. The van der Waals surface area contributed by atoms with E-state index in [2.05, 4.69) is 21.3 Å². The van der Waals surface area contributed by atoms with Crippen LogP contribution in [0, 0.1) is 17.8 Å². The summed E-state index contributed by atoms with van der Waals surface area (Å²) in [7, 11) is 2.38. The van der Waals surface area contributed by atoms with Crippen LogP contribution in [0.4, 0.5) is 0 Å². The SMILES string of the molecule is COC(=O)C#CCC(C(C)=O)C(=O)OC. The monoisotopic (exact) mass is 212 g/mol. The maximum atomic E-state index is 11.1. The summed E-state index contributed by atoms with van der Waals surface area (Å²) in [6.07, 6.45) is -0.0445. The second-order valence-corrected chi connectivity index (χ2v) is 2.68.